The molecule has 0 aliphatic carbocycles. The predicted octanol–water partition coefficient (Wildman–Crippen LogP) is 2.63. The van der Waals surface area contributed by atoms with Gasteiger partial charge >= 0.3 is 0 Å². The maximum absolute atomic E-state index is 12.7. The van der Waals surface area contributed by atoms with Crippen molar-refractivity contribution in [2.45, 2.75) is 51.8 Å². The number of nitrogens with one attached hydrogen (secondary N) is 2. The van der Waals surface area contributed by atoms with Gasteiger partial charge in [-0.05, 0) is 39.2 Å². The van der Waals surface area contributed by atoms with Crippen LogP contribution in [0.1, 0.15) is 52.6 Å². The number of piperazine rings is 1. The molecule has 0 saturated carbocycles. The smallest absolute Gasteiger partial charge is 0.133 e. The zero-order chi connectivity index (χ0) is 17.7. The second kappa shape index (κ2) is 8.41. The molecule has 5 nitrogen and oxygen atoms in total. The average Bonchev–Trinajstić information content (AvgIpc) is 2.53. The van der Waals surface area contributed by atoms with E-state index < -0.39 is 11.0 Å². The van der Waals surface area contributed by atoms with Crippen LogP contribution in [-0.4, -0.2) is 40.1 Å². The van der Waals surface area contributed by atoms with Gasteiger partial charge in [-0.15, -0.1) is 0 Å². The largest absolute Gasteiger partial charge is 0.354 e. The number of hydrogen-bond donors (Lipinski definition) is 2. The Morgan fingerprint density at radius 1 is 1.33 bits per heavy atom. The molecule has 136 valence electrons. The van der Waals surface area contributed by atoms with E-state index in [1.807, 2.05) is 33.0 Å². The molecular weight excluding hydrogens is 320 g/mol. The molecule has 2 atom stereocenters. The van der Waals surface area contributed by atoms with Crippen LogP contribution in [0.15, 0.2) is 18.3 Å². The fourth-order valence-corrected chi connectivity index (χ4v) is 3.67. The van der Waals surface area contributed by atoms with Crippen LogP contribution in [0, 0.1) is 5.92 Å². The highest BCUT2D eigenvalue weighted by Crippen LogP contribution is 2.30. The highest BCUT2D eigenvalue weighted by Gasteiger charge is 2.27. The molecule has 0 radical (unpaired) electrons. The van der Waals surface area contributed by atoms with Gasteiger partial charge in [-0.2, -0.15) is 0 Å². The summed E-state index contributed by atoms with van der Waals surface area (Å²) in [4.78, 5) is 6.99. The SMILES string of the molecule is CC(C)C[C@@H](N[S@@](=O)C(C)(C)C)c1cccnc1N1CCNCC1. The highest BCUT2D eigenvalue weighted by molar-refractivity contribution is 7.84. The Kier molecular flexibility index (Phi) is 6.78. The second-order valence-electron chi connectivity index (χ2n) is 7.83. The van der Waals surface area contributed by atoms with Crippen LogP contribution in [-0.2, 0) is 11.0 Å². The van der Waals surface area contributed by atoms with Gasteiger partial charge in [0, 0.05) is 44.0 Å². The zero-order valence-electron chi connectivity index (χ0n) is 15.6. The first kappa shape index (κ1) is 19.3. The molecule has 1 saturated heterocycles. The van der Waals surface area contributed by atoms with Gasteiger partial charge in [-0.3, -0.25) is 0 Å². The Morgan fingerprint density at radius 3 is 2.58 bits per heavy atom. The summed E-state index contributed by atoms with van der Waals surface area (Å²) in [5.74, 6) is 1.54. The molecular formula is C18H32N4OS. The minimum atomic E-state index is -1.11. The number of anilines is 1. The van der Waals surface area contributed by atoms with Crippen molar-refractivity contribution in [1.82, 2.24) is 15.0 Å². The van der Waals surface area contributed by atoms with Crippen LogP contribution < -0.4 is 14.9 Å². The summed E-state index contributed by atoms with van der Waals surface area (Å²) < 4.78 is 15.8. The normalized spacial score (nSPS) is 18.7. The van der Waals surface area contributed by atoms with Crippen molar-refractivity contribution in [1.29, 1.82) is 0 Å². The number of nitrogens with zero attached hydrogens (tertiary/aromatic N) is 2. The van der Waals surface area contributed by atoms with Gasteiger partial charge in [0.1, 0.15) is 5.82 Å². The molecule has 0 spiro atoms. The highest BCUT2D eigenvalue weighted by atomic mass is 32.2. The van der Waals surface area contributed by atoms with E-state index in [0.717, 1.165) is 44.0 Å². The lowest BCUT2D eigenvalue weighted by molar-refractivity contribution is 0.477. The van der Waals surface area contributed by atoms with Crippen molar-refractivity contribution in [2.75, 3.05) is 31.1 Å². The molecule has 1 fully saturated rings. The fourth-order valence-electron chi connectivity index (χ4n) is 2.84. The van der Waals surface area contributed by atoms with E-state index in [4.69, 9.17) is 0 Å². The lowest BCUT2D eigenvalue weighted by Crippen LogP contribution is -2.45. The zero-order valence-corrected chi connectivity index (χ0v) is 16.4. The second-order valence-corrected chi connectivity index (χ2v) is 9.83. The van der Waals surface area contributed by atoms with E-state index in [2.05, 4.69) is 39.8 Å². The van der Waals surface area contributed by atoms with E-state index in [0.29, 0.717) is 5.92 Å². The van der Waals surface area contributed by atoms with Crippen molar-refractivity contribution in [3.05, 3.63) is 23.9 Å². The molecule has 24 heavy (non-hydrogen) atoms. The first-order valence-corrected chi connectivity index (χ1v) is 10.0. The van der Waals surface area contributed by atoms with Gasteiger partial charge in [0.05, 0.1) is 15.7 Å². The minimum absolute atomic E-state index is 0.0450. The molecule has 1 aliphatic heterocycles. The van der Waals surface area contributed by atoms with Crippen LogP contribution in [0.25, 0.3) is 0 Å². The van der Waals surface area contributed by atoms with Gasteiger partial charge in [0.15, 0.2) is 0 Å². The van der Waals surface area contributed by atoms with E-state index in [-0.39, 0.29) is 10.8 Å². The number of hydrogen-bond acceptors (Lipinski definition) is 4. The van der Waals surface area contributed by atoms with E-state index in [1.54, 1.807) is 0 Å². The summed E-state index contributed by atoms with van der Waals surface area (Å²) in [6, 6.07) is 4.16. The van der Waals surface area contributed by atoms with Crippen molar-refractivity contribution in [3.63, 3.8) is 0 Å². The molecule has 0 unspecified atom stereocenters. The number of rotatable bonds is 6. The minimum Gasteiger partial charge on any atom is -0.354 e. The summed E-state index contributed by atoms with van der Waals surface area (Å²) in [6.45, 7) is 14.3. The Balaban J connectivity index is 2.30. The van der Waals surface area contributed by atoms with E-state index in [9.17, 15) is 4.21 Å². The van der Waals surface area contributed by atoms with Gasteiger partial charge in [-0.1, -0.05) is 19.9 Å². The summed E-state index contributed by atoms with van der Waals surface area (Å²) in [6.07, 6.45) is 2.79. The van der Waals surface area contributed by atoms with E-state index in [1.165, 1.54) is 0 Å². The fraction of sp³-hybridized carbons (Fsp3) is 0.722. The first-order valence-electron chi connectivity index (χ1n) is 8.87. The van der Waals surface area contributed by atoms with Crippen molar-refractivity contribution in [2.24, 2.45) is 5.92 Å². The maximum atomic E-state index is 12.7. The Labute approximate surface area is 149 Å². The third-order valence-corrected chi connectivity index (χ3v) is 5.73. The summed E-state index contributed by atoms with van der Waals surface area (Å²) in [7, 11) is -1.11. The third-order valence-electron chi connectivity index (χ3n) is 4.12. The van der Waals surface area contributed by atoms with Crippen LogP contribution in [0.2, 0.25) is 0 Å². The van der Waals surface area contributed by atoms with Gasteiger partial charge in [0.25, 0.3) is 0 Å². The quantitative estimate of drug-likeness (QED) is 0.826. The van der Waals surface area contributed by atoms with Crippen LogP contribution >= 0.6 is 0 Å². The van der Waals surface area contributed by atoms with Crippen molar-refractivity contribution < 1.29 is 4.21 Å². The van der Waals surface area contributed by atoms with Gasteiger partial charge < -0.3 is 10.2 Å². The molecule has 1 aromatic rings. The molecule has 6 heteroatoms. The summed E-state index contributed by atoms with van der Waals surface area (Å²) >= 11 is 0. The molecule has 2 rings (SSSR count). The summed E-state index contributed by atoms with van der Waals surface area (Å²) in [5, 5.41) is 3.38. The maximum Gasteiger partial charge on any atom is 0.133 e. The monoisotopic (exact) mass is 352 g/mol. The number of pyridine rings is 1. The Morgan fingerprint density at radius 2 is 2.00 bits per heavy atom. The Hall–Kier alpha value is -0.980. The van der Waals surface area contributed by atoms with E-state index >= 15 is 0 Å². The predicted molar refractivity (Wildman–Crippen MR) is 103 cm³/mol. The van der Waals surface area contributed by atoms with Crippen LogP contribution in [0.4, 0.5) is 5.82 Å². The van der Waals surface area contributed by atoms with Crippen molar-refractivity contribution in [3.8, 4) is 0 Å². The van der Waals surface area contributed by atoms with Crippen LogP contribution in [0.5, 0.6) is 0 Å². The van der Waals surface area contributed by atoms with Crippen molar-refractivity contribution >= 4 is 16.8 Å². The topological polar surface area (TPSA) is 57.3 Å². The lowest BCUT2D eigenvalue weighted by Gasteiger charge is -2.33. The summed E-state index contributed by atoms with van der Waals surface area (Å²) in [5.41, 5.74) is 1.16. The molecule has 1 aliphatic rings. The van der Waals surface area contributed by atoms with Gasteiger partial charge in [-0.25, -0.2) is 13.9 Å². The third kappa shape index (κ3) is 5.26. The standard InChI is InChI=1S/C18H32N4OS/c1-14(2)13-16(21-24(23)18(3,4)5)15-7-6-8-20-17(15)22-11-9-19-10-12-22/h6-8,14,16,19,21H,9-13H2,1-5H3/t16-,24+/m1/s1. The lowest BCUT2D eigenvalue weighted by atomic mass is 9.98. The molecule has 1 aromatic heterocycles. The first-order chi connectivity index (χ1) is 11.3. The average molecular weight is 353 g/mol. The Bertz CT molecular complexity index is 550. The van der Waals surface area contributed by atoms with Crippen LogP contribution in [0.3, 0.4) is 0 Å². The van der Waals surface area contributed by atoms with Gasteiger partial charge in [0.2, 0.25) is 0 Å². The molecule has 0 aromatic carbocycles. The number of aromatic nitrogens is 1. The molecule has 2 heterocycles. The molecule has 0 bridgehead atoms. The molecule has 2 N–H and O–H groups in total. The molecule has 0 amide bonds.